The van der Waals surface area contributed by atoms with Gasteiger partial charge < -0.3 is 15.4 Å². The maximum absolute atomic E-state index is 11.9. The first-order chi connectivity index (χ1) is 11.2. The average molecular weight is 357 g/mol. The first kappa shape index (κ1) is 19.9. The molecular formula is C15H23N3O5S. The summed E-state index contributed by atoms with van der Waals surface area (Å²) < 4.78 is 27.0. The number of ether oxygens (including phenoxy) is 1. The molecule has 0 aliphatic carbocycles. The van der Waals surface area contributed by atoms with E-state index < -0.39 is 28.1 Å². The lowest BCUT2D eigenvalue weighted by Crippen LogP contribution is -2.49. The van der Waals surface area contributed by atoms with Crippen LogP contribution in [0.15, 0.2) is 29.2 Å². The summed E-state index contributed by atoms with van der Waals surface area (Å²) in [5.41, 5.74) is 0.690. The van der Waals surface area contributed by atoms with Crippen LogP contribution in [0.2, 0.25) is 0 Å². The Kier molecular flexibility index (Phi) is 7.18. The minimum Gasteiger partial charge on any atom is -0.467 e. The van der Waals surface area contributed by atoms with E-state index in [1.54, 1.807) is 12.1 Å². The first-order valence-corrected chi connectivity index (χ1v) is 8.97. The van der Waals surface area contributed by atoms with E-state index in [2.05, 4.69) is 10.6 Å². The second-order valence-corrected chi connectivity index (χ2v) is 6.96. The van der Waals surface area contributed by atoms with Gasteiger partial charge in [-0.3, -0.25) is 0 Å². The number of hydrogen-bond donors (Lipinski definition) is 3. The predicted octanol–water partition coefficient (Wildman–Crippen LogP) is 0.721. The van der Waals surface area contributed by atoms with Crippen LogP contribution >= 0.6 is 0 Å². The summed E-state index contributed by atoms with van der Waals surface area (Å²) in [5, 5.41) is 10.2. The van der Waals surface area contributed by atoms with Gasteiger partial charge in [0.1, 0.15) is 6.04 Å². The molecule has 24 heavy (non-hydrogen) atoms. The number of esters is 1. The number of amides is 2. The van der Waals surface area contributed by atoms with Crippen molar-refractivity contribution in [2.24, 2.45) is 11.1 Å². The highest BCUT2D eigenvalue weighted by Crippen LogP contribution is 2.10. The Bertz CT molecular complexity index is 673. The molecule has 1 rings (SSSR count). The van der Waals surface area contributed by atoms with Gasteiger partial charge in [-0.2, -0.15) is 0 Å². The Morgan fingerprint density at radius 3 is 2.29 bits per heavy atom. The lowest BCUT2D eigenvalue weighted by molar-refractivity contribution is -0.144. The SMILES string of the molecule is CC[C@@H](C)[C@H](NC(=O)NCc1ccc(S(N)(=O)=O)cc1)C(=O)OC. The highest BCUT2D eigenvalue weighted by atomic mass is 32.2. The van der Waals surface area contributed by atoms with Gasteiger partial charge in [0.05, 0.1) is 12.0 Å². The third-order valence-corrected chi connectivity index (χ3v) is 4.59. The predicted molar refractivity (Wildman–Crippen MR) is 88.4 cm³/mol. The number of methoxy groups -OCH3 is 1. The smallest absolute Gasteiger partial charge is 0.328 e. The lowest BCUT2D eigenvalue weighted by Gasteiger charge is -2.22. The zero-order valence-corrected chi connectivity index (χ0v) is 14.7. The molecule has 0 spiro atoms. The van der Waals surface area contributed by atoms with Gasteiger partial charge in [0.25, 0.3) is 0 Å². The van der Waals surface area contributed by atoms with Crippen LogP contribution in [0.5, 0.6) is 0 Å². The molecule has 2 amide bonds. The molecule has 0 aliphatic heterocycles. The van der Waals surface area contributed by atoms with E-state index in [1.807, 2.05) is 13.8 Å². The van der Waals surface area contributed by atoms with Crippen LogP contribution in [0.3, 0.4) is 0 Å². The Balaban J connectivity index is 2.63. The van der Waals surface area contributed by atoms with Crippen LogP contribution in [0, 0.1) is 5.92 Å². The van der Waals surface area contributed by atoms with Gasteiger partial charge in [-0.25, -0.2) is 23.1 Å². The van der Waals surface area contributed by atoms with E-state index in [0.717, 1.165) is 0 Å². The molecule has 0 heterocycles. The monoisotopic (exact) mass is 357 g/mol. The fourth-order valence-electron chi connectivity index (χ4n) is 1.97. The summed E-state index contributed by atoms with van der Waals surface area (Å²) in [4.78, 5) is 23.7. The number of sulfonamides is 1. The topological polar surface area (TPSA) is 128 Å². The third kappa shape index (κ3) is 5.82. The molecule has 2 atom stereocenters. The number of benzene rings is 1. The highest BCUT2D eigenvalue weighted by Gasteiger charge is 2.26. The van der Waals surface area contributed by atoms with Crippen molar-refractivity contribution in [3.8, 4) is 0 Å². The zero-order chi connectivity index (χ0) is 18.3. The van der Waals surface area contributed by atoms with Crippen molar-refractivity contribution in [3.63, 3.8) is 0 Å². The Morgan fingerprint density at radius 1 is 1.25 bits per heavy atom. The molecule has 0 aliphatic rings. The number of nitrogens with one attached hydrogen (secondary N) is 2. The quantitative estimate of drug-likeness (QED) is 0.620. The molecule has 8 nitrogen and oxygen atoms in total. The number of carbonyl (C=O) groups excluding carboxylic acids is 2. The maximum atomic E-state index is 11.9. The van der Waals surface area contributed by atoms with Gasteiger partial charge in [0, 0.05) is 6.54 Å². The molecule has 0 radical (unpaired) electrons. The average Bonchev–Trinajstić information content (AvgIpc) is 2.56. The lowest BCUT2D eigenvalue weighted by atomic mass is 9.99. The Labute approximate surface area is 141 Å². The fraction of sp³-hybridized carbons (Fsp3) is 0.467. The normalized spacial score (nSPS) is 13.7. The fourth-order valence-corrected chi connectivity index (χ4v) is 2.48. The molecule has 0 saturated carbocycles. The number of nitrogens with two attached hydrogens (primary N) is 1. The standard InChI is InChI=1S/C15H23N3O5S/c1-4-10(2)13(14(19)23-3)18-15(20)17-9-11-5-7-12(8-6-11)24(16,21)22/h5-8,10,13H,4,9H2,1-3H3,(H2,16,21,22)(H2,17,18,20)/t10-,13+/m1/s1. The van der Waals surface area contributed by atoms with E-state index in [-0.39, 0.29) is 17.4 Å². The summed E-state index contributed by atoms with van der Waals surface area (Å²) in [6.07, 6.45) is 0.703. The molecule has 1 aromatic rings. The molecule has 134 valence electrons. The largest absolute Gasteiger partial charge is 0.467 e. The van der Waals surface area contributed by atoms with Crippen molar-refractivity contribution in [1.29, 1.82) is 0 Å². The maximum Gasteiger partial charge on any atom is 0.328 e. The molecule has 1 aromatic carbocycles. The third-order valence-electron chi connectivity index (χ3n) is 3.66. The summed E-state index contributed by atoms with van der Waals surface area (Å²) in [5.74, 6) is -0.575. The molecule has 0 saturated heterocycles. The number of urea groups is 1. The summed E-state index contributed by atoms with van der Waals surface area (Å²) in [6, 6.07) is 4.58. The van der Waals surface area contributed by atoms with Gasteiger partial charge in [-0.15, -0.1) is 0 Å². The minimum atomic E-state index is -3.74. The second-order valence-electron chi connectivity index (χ2n) is 5.40. The van der Waals surface area contributed by atoms with Crippen LogP contribution < -0.4 is 15.8 Å². The zero-order valence-electron chi connectivity index (χ0n) is 13.9. The van der Waals surface area contributed by atoms with Crippen LogP contribution in [-0.2, 0) is 26.1 Å². The Morgan fingerprint density at radius 2 is 1.83 bits per heavy atom. The molecule has 9 heteroatoms. The summed E-state index contributed by atoms with van der Waals surface area (Å²) >= 11 is 0. The van der Waals surface area contributed by atoms with Crippen molar-refractivity contribution in [3.05, 3.63) is 29.8 Å². The number of primary sulfonamides is 1. The van der Waals surface area contributed by atoms with Crippen molar-refractivity contribution in [2.75, 3.05) is 7.11 Å². The number of carbonyl (C=O) groups is 2. The van der Waals surface area contributed by atoms with E-state index in [0.29, 0.717) is 12.0 Å². The van der Waals surface area contributed by atoms with Gasteiger partial charge in [-0.05, 0) is 23.6 Å². The van der Waals surface area contributed by atoms with E-state index in [1.165, 1.54) is 19.2 Å². The summed E-state index contributed by atoms with van der Waals surface area (Å²) in [7, 11) is -2.47. The molecule has 0 unspecified atom stereocenters. The van der Waals surface area contributed by atoms with Gasteiger partial charge in [0.2, 0.25) is 10.0 Å². The molecule has 0 aromatic heterocycles. The van der Waals surface area contributed by atoms with Crippen molar-refractivity contribution < 1.29 is 22.7 Å². The van der Waals surface area contributed by atoms with E-state index in [9.17, 15) is 18.0 Å². The molecule has 0 fully saturated rings. The molecule has 0 bridgehead atoms. The number of hydrogen-bond acceptors (Lipinski definition) is 5. The van der Waals surface area contributed by atoms with E-state index in [4.69, 9.17) is 9.88 Å². The molecule has 4 N–H and O–H groups in total. The van der Waals surface area contributed by atoms with Crippen LogP contribution in [0.4, 0.5) is 4.79 Å². The summed E-state index contributed by atoms with van der Waals surface area (Å²) in [6.45, 7) is 3.92. The highest BCUT2D eigenvalue weighted by molar-refractivity contribution is 7.89. The molecular weight excluding hydrogens is 334 g/mol. The van der Waals surface area contributed by atoms with Crippen LogP contribution in [0.1, 0.15) is 25.8 Å². The van der Waals surface area contributed by atoms with Crippen LogP contribution in [-0.4, -0.2) is 33.6 Å². The Hall–Kier alpha value is -2.13. The van der Waals surface area contributed by atoms with Crippen LogP contribution in [0.25, 0.3) is 0 Å². The minimum absolute atomic E-state index is 0.00164. The van der Waals surface area contributed by atoms with Gasteiger partial charge in [-0.1, -0.05) is 32.4 Å². The van der Waals surface area contributed by atoms with Gasteiger partial charge >= 0.3 is 12.0 Å². The second kappa shape index (κ2) is 8.65. The van der Waals surface area contributed by atoms with E-state index >= 15 is 0 Å². The number of rotatable bonds is 7. The van der Waals surface area contributed by atoms with Crippen molar-refractivity contribution in [1.82, 2.24) is 10.6 Å². The van der Waals surface area contributed by atoms with Gasteiger partial charge in [0.15, 0.2) is 0 Å². The van der Waals surface area contributed by atoms with Crippen molar-refractivity contribution in [2.45, 2.75) is 37.8 Å². The van der Waals surface area contributed by atoms with Crippen molar-refractivity contribution >= 4 is 22.0 Å². The first-order valence-electron chi connectivity index (χ1n) is 7.43.